The van der Waals surface area contributed by atoms with Crippen LogP contribution in [0.4, 0.5) is 13.2 Å². The molecule has 0 bridgehead atoms. The van der Waals surface area contributed by atoms with Gasteiger partial charge in [0.05, 0.1) is 7.11 Å². The molecule has 70 valence electrons. The Morgan fingerprint density at radius 1 is 1.58 bits per heavy atom. The zero-order valence-corrected chi connectivity index (χ0v) is 6.22. The van der Waals surface area contributed by atoms with Crippen molar-refractivity contribution in [1.82, 2.24) is 0 Å². The molecule has 0 aliphatic heterocycles. The first kappa shape index (κ1) is 10.9. The van der Waals surface area contributed by atoms with Gasteiger partial charge in [-0.2, -0.15) is 13.2 Å². The Morgan fingerprint density at radius 3 is 2.33 bits per heavy atom. The second-order valence-electron chi connectivity index (χ2n) is 2.02. The van der Waals surface area contributed by atoms with Gasteiger partial charge in [-0.25, -0.2) is 0 Å². The summed E-state index contributed by atoms with van der Waals surface area (Å²) in [5, 5.41) is 0. The molecule has 0 saturated carbocycles. The summed E-state index contributed by atoms with van der Waals surface area (Å²) in [6.07, 6.45) is -5.57. The Morgan fingerprint density at radius 2 is 2.08 bits per heavy atom. The van der Waals surface area contributed by atoms with E-state index in [0.717, 1.165) is 7.11 Å². The maximum absolute atomic E-state index is 11.9. The predicted molar refractivity (Wildman–Crippen MR) is 32.2 cm³/mol. The maximum Gasteiger partial charge on any atom is 0.402 e. The quantitative estimate of drug-likeness (QED) is 0.484. The highest BCUT2D eigenvalue weighted by atomic mass is 19.4. The van der Waals surface area contributed by atoms with Crippen molar-refractivity contribution in [2.75, 3.05) is 7.11 Å². The zero-order valence-electron chi connectivity index (χ0n) is 6.22. The van der Waals surface area contributed by atoms with Crippen LogP contribution in [-0.4, -0.2) is 25.5 Å². The lowest BCUT2D eigenvalue weighted by Gasteiger charge is -2.14. The predicted octanol–water partition coefficient (Wildman–Crippen LogP) is 0.927. The number of carbonyl (C=O) groups is 2. The van der Waals surface area contributed by atoms with E-state index in [1.54, 1.807) is 0 Å². The molecule has 0 amide bonds. The van der Waals surface area contributed by atoms with Gasteiger partial charge < -0.3 is 9.53 Å². The summed E-state index contributed by atoms with van der Waals surface area (Å²) >= 11 is 0. The first-order valence-corrected chi connectivity index (χ1v) is 3.01. The summed E-state index contributed by atoms with van der Waals surface area (Å²) in [6, 6.07) is 0. The van der Waals surface area contributed by atoms with E-state index < -0.39 is 24.5 Å². The van der Waals surface area contributed by atoms with Gasteiger partial charge in [-0.15, -0.1) is 0 Å². The number of carbonyl (C=O) groups excluding carboxylic acids is 2. The minimum Gasteiger partial charge on any atom is -0.469 e. The molecule has 0 aromatic heterocycles. The van der Waals surface area contributed by atoms with Crippen LogP contribution in [0.1, 0.15) is 6.42 Å². The summed E-state index contributed by atoms with van der Waals surface area (Å²) in [4.78, 5) is 20.2. The van der Waals surface area contributed by atoms with Gasteiger partial charge in [0.2, 0.25) is 0 Å². The van der Waals surface area contributed by atoms with Crippen LogP contribution < -0.4 is 0 Å². The highest BCUT2D eigenvalue weighted by Crippen LogP contribution is 2.28. The molecule has 0 radical (unpaired) electrons. The Balaban J connectivity index is 4.43. The van der Waals surface area contributed by atoms with E-state index in [0.29, 0.717) is 0 Å². The number of aldehydes is 1. The molecule has 1 unspecified atom stereocenters. The fourth-order valence-electron chi connectivity index (χ4n) is 0.602. The van der Waals surface area contributed by atoms with E-state index in [2.05, 4.69) is 4.74 Å². The van der Waals surface area contributed by atoms with Crippen LogP contribution in [0.3, 0.4) is 0 Å². The van der Waals surface area contributed by atoms with Crippen LogP contribution in [-0.2, 0) is 14.3 Å². The first-order valence-electron chi connectivity index (χ1n) is 3.01. The summed E-state index contributed by atoms with van der Waals surface area (Å²) in [5.74, 6) is -3.77. The third-order valence-electron chi connectivity index (χ3n) is 1.21. The molecule has 12 heavy (non-hydrogen) atoms. The van der Waals surface area contributed by atoms with Crippen LogP contribution in [0.15, 0.2) is 0 Å². The largest absolute Gasteiger partial charge is 0.469 e. The number of methoxy groups -OCH3 is 1. The van der Waals surface area contributed by atoms with Crippen LogP contribution in [0.2, 0.25) is 0 Å². The molecule has 0 rings (SSSR count). The highest BCUT2D eigenvalue weighted by molar-refractivity contribution is 5.76. The molecule has 0 fully saturated rings. The lowest BCUT2D eigenvalue weighted by Crippen LogP contribution is -2.31. The minimum absolute atomic E-state index is 0.0368. The average Bonchev–Trinajstić information content (AvgIpc) is 1.96. The molecule has 3 nitrogen and oxygen atoms in total. The molecule has 0 saturated heterocycles. The fourth-order valence-corrected chi connectivity index (χ4v) is 0.602. The van der Waals surface area contributed by atoms with Crippen molar-refractivity contribution >= 4 is 12.3 Å². The topological polar surface area (TPSA) is 43.4 Å². The second-order valence-corrected chi connectivity index (χ2v) is 2.02. The van der Waals surface area contributed by atoms with E-state index in [4.69, 9.17) is 0 Å². The molecule has 0 aliphatic carbocycles. The number of ether oxygens (including phenoxy) is 1. The Bertz CT molecular complexity index is 175. The second kappa shape index (κ2) is 4.08. The van der Waals surface area contributed by atoms with Gasteiger partial charge in [0.1, 0.15) is 6.29 Å². The zero-order chi connectivity index (χ0) is 9.78. The number of hydrogen-bond acceptors (Lipinski definition) is 3. The normalized spacial score (nSPS) is 13.7. The summed E-state index contributed by atoms with van der Waals surface area (Å²) < 4.78 is 39.5. The number of alkyl halides is 3. The highest BCUT2D eigenvalue weighted by Gasteiger charge is 2.45. The number of rotatable bonds is 3. The summed E-state index contributed by atoms with van der Waals surface area (Å²) in [7, 11) is 0.839. The van der Waals surface area contributed by atoms with Crippen LogP contribution in [0.25, 0.3) is 0 Å². The van der Waals surface area contributed by atoms with Gasteiger partial charge in [-0.05, 0) is 0 Å². The average molecular weight is 184 g/mol. The van der Waals surface area contributed by atoms with Crippen molar-refractivity contribution in [3.05, 3.63) is 0 Å². The van der Waals surface area contributed by atoms with Crippen molar-refractivity contribution < 1.29 is 27.5 Å². The van der Waals surface area contributed by atoms with E-state index >= 15 is 0 Å². The molecule has 0 heterocycles. The number of esters is 1. The van der Waals surface area contributed by atoms with Crippen molar-refractivity contribution in [3.63, 3.8) is 0 Å². The molecule has 0 spiro atoms. The Hall–Kier alpha value is -1.07. The number of hydrogen-bond donors (Lipinski definition) is 0. The third-order valence-corrected chi connectivity index (χ3v) is 1.21. The maximum atomic E-state index is 11.9. The lowest BCUT2D eigenvalue weighted by molar-refractivity contribution is -0.196. The molecule has 6 heteroatoms. The van der Waals surface area contributed by atoms with Gasteiger partial charge in [0.25, 0.3) is 0 Å². The molecule has 0 aliphatic rings. The SMILES string of the molecule is COC(=O)C(CC=O)C(F)(F)F. The Labute approximate surface area is 66.5 Å². The van der Waals surface area contributed by atoms with Crippen LogP contribution in [0.5, 0.6) is 0 Å². The van der Waals surface area contributed by atoms with Gasteiger partial charge in [-0.1, -0.05) is 0 Å². The first-order chi connectivity index (χ1) is 5.43. The standard InChI is InChI=1S/C6H7F3O3/c1-12-5(11)4(2-3-10)6(7,8)9/h3-4H,2H2,1H3. The Kier molecular flexibility index (Phi) is 3.72. The van der Waals surface area contributed by atoms with Gasteiger partial charge >= 0.3 is 12.1 Å². The number of halogens is 3. The van der Waals surface area contributed by atoms with Crippen molar-refractivity contribution in [3.8, 4) is 0 Å². The fraction of sp³-hybridized carbons (Fsp3) is 0.667. The molecule has 0 N–H and O–H groups in total. The van der Waals surface area contributed by atoms with E-state index in [1.165, 1.54) is 0 Å². The van der Waals surface area contributed by atoms with Crippen molar-refractivity contribution in [2.45, 2.75) is 12.6 Å². The van der Waals surface area contributed by atoms with Crippen molar-refractivity contribution in [1.29, 1.82) is 0 Å². The molecule has 1 atom stereocenters. The van der Waals surface area contributed by atoms with E-state index in [1.807, 2.05) is 0 Å². The van der Waals surface area contributed by atoms with Gasteiger partial charge in [0, 0.05) is 6.42 Å². The molecule has 0 aromatic rings. The molecular formula is C6H7F3O3. The lowest BCUT2D eigenvalue weighted by atomic mass is 10.1. The van der Waals surface area contributed by atoms with Crippen LogP contribution >= 0.6 is 0 Å². The monoisotopic (exact) mass is 184 g/mol. The van der Waals surface area contributed by atoms with E-state index in [-0.39, 0.29) is 6.29 Å². The summed E-state index contributed by atoms with van der Waals surface area (Å²) in [5.41, 5.74) is 0. The minimum atomic E-state index is -4.71. The summed E-state index contributed by atoms with van der Waals surface area (Å²) in [6.45, 7) is 0. The van der Waals surface area contributed by atoms with Gasteiger partial charge in [0.15, 0.2) is 5.92 Å². The molecular weight excluding hydrogens is 177 g/mol. The van der Waals surface area contributed by atoms with Gasteiger partial charge in [-0.3, -0.25) is 4.79 Å². The molecule has 0 aromatic carbocycles. The third kappa shape index (κ3) is 2.89. The van der Waals surface area contributed by atoms with Crippen molar-refractivity contribution in [2.24, 2.45) is 5.92 Å². The smallest absolute Gasteiger partial charge is 0.402 e. The van der Waals surface area contributed by atoms with Crippen LogP contribution in [0, 0.1) is 5.92 Å². The van der Waals surface area contributed by atoms with E-state index in [9.17, 15) is 22.8 Å².